The largest absolute Gasteiger partial charge is 0.449 e. The highest BCUT2D eigenvalue weighted by Crippen LogP contribution is 2.36. The topological polar surface area (TPSA) is 84.5 Å². The van der Waals surface area contributed by atoms with Crippen molar-refractivity contribution in [3.05, 3.63) is 53.8 Å². The Hall–Kier alpha value is -2.87. The van der Waals surface area contributed by atoms with Gasteiger partial charge in [-0.05, 0) is 55.8 Å². The molecule has 1 aliphatic heterocycles. The number of amides is 2. The summed E-state index contributed by atoms with van der Waals surface area (Å²) in [5.41, 5.74) is 1.19. The molecule has 0 fully saturated rings. The predicted molar refractivity (Wildman–Crippen MR) is 105 cm³/mol. The van der Waals surface area contributed by atoms with E-state index in [0.717, 1.165) is 4.90 Å². The van der Waals surface area contributed by atoms with Crippen LogP contribution in [0.4, 0.5) is 15.8 Å². The van der Waals surface area contributed by atoms with E-state index in [0.29, 0.717) is 11.4 Å². The molecule has 28 heavy (non-hydrogen) atoms. The summed E-state index contributed by atoms with van der Waals surface area (Å²) in [6.07, 6.45) is -0.731. The van der Waals surface area contributed by atoms with Crippen molar-refractivity contribution >= 4 is 40.9 Å². The Morgan fingerprint density at radius 1 is 1.25 bits per heavy atom. The monoisotopic (exact) mass is 402 g/mol. The van der Waals surface area contributed by atoms with Crippen LogP contribution in [0, 0.1) is 5.82 Å². The first-order valence-corrected chi connectivity index (χ1v) is 9.64. The van der Waals surface area contributed by atoms with Crippen LogP contribution in [0.15, 0.2) is 47.4 Å². The third kappa shape index (κ3) is 4.51. The van der Waals surface area contributed by atoms with E-state index in [-0.39, 0.29) is 23.1 Å². The quantitative estimate of drug-likeness (QED) is 0.743. The van der Waals surface area contributed by atoms with Gasteiger partial charge in [-0.15, -0.1) is 11.8 Å². The number of nitrogens with one attached hydrogen (secondary N) is 2. The number of hydrogen-bond acceptors (Lipinski definition) is 5. The van der Waals surface area contributed by atoms with Gasteiger partial charge < -0.3 is 15.4 Å². The first kappa shape index (κ1) is 19.9. The lowest BCUT2D eigenvalue weighted by Gasteiger charge is -2.22. The molecule has 2 N–H and O–H groups in total. The molecular formula is C20H19FN2O4S. The summed E-state index contributed by atoms with van der Waals surface area (Å²) < 4.78 is 18.3. The van der Waals surface area contributed by atoms with Gasteiger partial charge in [0.2, 0.25) is 5.91 Å². The van der Waals surface area contributed by atoms with Crippen LogP contribution in [0.2, 0.25) is 0 Å². The average molecular weight is 402 g/mol. The van der Waals surface area contributed by atoms with E-state index in [1.165, 1.54) is 36.0 Å². The van der Waals surface area contributed by atoms with Gasteiger partial charge in [0.1, 0.15) is 5.82 Å². The Labute approximate surface area is 165 Å². The van der Waals surface area contributed by atoms with E-state index in [9.17, 15) is 18.8 Å². The zero-order valence-electron chi connectivity index (χ0n) is 15.3. The van der Waals surface area contributed by atoms with Crippen LogP contribution in [0.5, 0.6) is 0 Å². The molecule has 0 saturated heterocycles. The summed E-state index contributed by atoms with van der Waals surface area (Å²) in [6, 6.07) is 10.2. The summed E-state index contributed by atoms with van der Waals surface area (Å²) in [6.45, 7) is 3.52. The Morgan fingerprint density at radius 2 is 1.96 bits per heavy atom. The number of hydrogen-bond donors (Lipinski definition) is 2. The molecule has 146 valence electrons. The number of anilines is 2. The molecule has 8 heteroatoms. The zero-order chi connectivity index (χ0) is 20.3. The Morgan fingerprint density at radius 3 is 2.64 bits per heavy atom. The molecule has 2 aromatic carbocycles. The van der Waals surface area contributed by atoms with Gasteiger partial charge in [-0.1, -0.05) is 6.92 Å². The van der Waals surface area contributed by atoms with Gasteiger partial charge in [-0.3, -0.25) is 9.59 Å². The van der Waals surface area contributed by atoms with E-state index < -0.39 is 23.8 Å². The van der Waals surface area contributed by atoms with Crippen LogP contribution in [-0.4, -0.2) is 29.1 Å². The fourth-order valence-corrected chi connectivity index (χ4v) is 3.54. The summed E-state index contributed by atoms with van der Waals surface area (Å²) >= 11 is 1.41. The summed E-state index contributed by atoms with van der Waals surface area (Å²) in [5, 5.41) is 5.15. The normalized spacial score (nSPS) is 16.5. The molecule has 0 saturated carbocycles. The van der Waals surface area contributed by atoms with Crippen LogP contribution >= 0.6 is 11.8 Å². The van der Waals surface area contributed by atoms with Crippen LogP contribution in [-0.2, 0) is 14.3 Å². The van der Waals surface area contributed by atoms with Gasteiger partial charge in [0.25, 0.3) is 5.91 Å². The Kier molecular flexibility index (Phi) is 5.99. The van der Waals surface area contributed by atoms with Crippen LogP contribution in [0.3, 0.4) is 0 Å². The van der Waals surface area contributed by atoms with E-state index in [4.69, 9.17) is 4.74 Å². The van der Waals surface area contributed by atoms with Crippen molar-refractivity contribution in [3.63, 3.8) is 0 Å². The van der Waals surface area contributed by atoms with Crippen LogP contribution in [0.25, 0.3) is 0 Å². The first-order valence-electron chi connectivity index (χ1n) is 8.76. The molecule has 2 unspecified atom stereocenters. The van der Waals surface area contributed by atoms with Crippen LogP contribution < -0.4 is 10.6 Å². The number of carbonyl (C=O) groups excluding carboxylic acids is 3. The molecule has 0 aliphatic carbocycles. The fourth-order valence-electron chi connectivity index (χ4n) is 2.61. The number of esters is 1. The minimum Gasteiger partial charge on any atom is -0.449 e. The number of ether oxygens (including phenoxy) is 1. The maximum Gasteiger partial charge on any atom is 0.338 e. The van der Waals surface area contributed by atoms with Crippen molar-refractivity contribution in [1.29, 1.82) is 0 Å². The lowest BCUT2D eigenvalue weighted by atomic mass is 10.2. The van der Waals surface area contributed by atoms with E-state index in [2.05, 4.69) is 10.6 Å². The molecule has 1 heterocycles. The number of fused-ring (bicyclic) bond motifs is 1. The van der Waals surface area contributed by atoms with Crippen molar-refractivity contribution in [2.24, 2.45) is 0 Å². The van der Waals surface area contributed by atoms with Crippen molar-refractivity contribution in [3.8, 4) is 0 Å². The number of thioether (sulfide) groups is 1. The van der Waals surface area contributed by atoms with Gasteiger partial charge in [-0.2, -0.15) is 0 Å². The molecule has 3 rings (SSSR count). The highest BCUT2D eigenvalue weighted by molar-refractivity contribution is 8.00. The number of carbonyl (C=O) groups is 3. The zero-order valence-corrected chi connectivity index (χ0v) is 16.1. The van der Waals surface area contributed by atoms with Crippen LogP contribution in [0.1, 0.15) is 30.6 Å². The third-order valence-corrected chi connectivity index (χ3v) is 5.35. The minimum atomic E-state index is -1.00. The van der Waals surface area contributed by atoms with Crippen molar-refractivity contribution in [2.75, 3.05) is 10.6 Å². The average Bonchev–Trinajstić information content (AvgIpc) is 2.68. The van der Waals surface area contributed by atoms with E-state index in [1.807, 2.05) is 0 Å². The second kappa shape index (κ2) is 8.43. The molecule has 0 spiro atoms. The molecule has 1 aliphatic rings. The number of rotatable bonds is 5. The van der Waals surface area contributed by atoms with E-state index in [1.54, 1.807) is 32.0 Å². The second-order valence-electron chi connectivity index (χ2n) is 6.26. The standard InChI is InChI=1S/C20H19FN2O4S/c1-3-16(19(25)22-14-7-5-13(21)6-8-14)27-20(26)12-4-9-17-15(10-12)23-18(24)11(2)28-17/h4-11,16H,3H2,1-2H3,(H,22,25)(H,23,24). The van der Waals surface area contributed by atoms with Gasteiger partial charge in [0, 0.05) is 10.6 Å². The summed E-state index contributed by atoms with van der Waals surface area (Å²) in [5.74, 6) is -1.71. The van der Waals surface area contributed by atoms with Gasteiger partial charge in [-0.25, -0.2) is 9.18 Å². The Balaban J connectivity index is 1.68. The van der Waals surface area contributed by atoms with Gasteiger partial charge in [0.15, 0.2) is 6.10 Å². The number of halogens is 1. The lowest BCUT2D eigenvalue weighted by Crippen LogP contribution is -2.32. The molecule has 0 aromatic heterocycles. The Bertz CT molecular complexity index is 917. The highest BCUT2D eigenvalue weighted by atomic mass is 32.2. The summed E-state index contributed by atoms with van der Waals surface area (Å²) in [4.78, 5) is 37.5. The molecule has 0 radical (unpaired) electrons. The van der Waals surface area contributed by atoms with Crippen molar-refractivity contribution in [2.45, 2.75) is 36.5 Å². The SMILES string of the molecule is CCC(OC(=O)c1ccc2c(c1)NC(=O)C(C)S2)C(=O)Nc1ccc(F)cc1. The second-order valence-corrected chi connectivity index (χ2v) is 7.64. The molecule has 2 atom stereocenters. The molecular weight excluding hydrogens is 383 g/mol. The van der Waals surface area contributed by atoms with Crippen molar-refractivity contribution < 1.29 is 23.5 Å². The fraction of sp³-hybridized carbons (Fsp3) is 0.250. The van der Waals surface area contributed by atoms with E-state index >= 15 is 0 Å². The van der Waals surface area contributed by atoms with Gasteiger partial charge in [0.05, 0.1) is 16.5 Å². The van der Waals surface area contributed by atoms with Gasteiger partial charge >= 0.3 is 5.97 Å². The lowest BCUT2D eigenvalue weighted by molar-refractivity contribution is -0.124. The molecule has 6 nitrogen and oxygen atoms in total. The minimum absolute atomic E-state index is 0.131. The van der Waals surface area contributed by atoms with Crippen molar-refractivity contribution in [1.82, 2.24) is 0 Å². The summed E-state index contributed by atoms with van der Waals surface area (Å²) in [7, 11) is 0. The molecule has 2 amide bonds. The molecule has 2 aromatic rings. The smallest absolute Gasteiger partial charge is 0.338 e. The maximum atomic E-state index is 13.0. The maximum absolute atomic E-state index is 13.0. The first-order chi connectivity index (χ1) is 13.4. The highest BCUT2D eigenvalue weighted by Gasteiger charge is 2.26. The third-order valence-electron chi connectivity index (χ3n) is 4.17. The predicted octanol–water partition coefficient (Wildman–Crippen LogP) is 3.83. The molecule has 0 bridgehead atoms. The number of benzene rings is 2.